The molecule has 1 aliphatic rings. The number of nitrogens with one attached hydrogen (secondary N) is 1. The summed E-state index contributed by atoms with van der Waals surface area (Å²) in [7, 11) is 0. The van der Waals surface area contributed by atoms with Gasteiger partial charge in [0.2, 0.25) is 0 Å². The van der Waals surface area contributed by atoms with Crippen LogP contribution in [0.25, 0.3) is 10.9 Å². The van der Waals surface area contributed by atoms with Crippen LogP contribution in [0.5, 0.6) is 0 Å². The number of hydrogen-bond acceptors (Lipinski definition) is 2. The predicted octanol–water partition coefficient (Wildman–Crippen LogP) is 5.11. The largest absolute Gasteiger partial charge is 0.322 e. The molecule has 0 amide bonds. The van der Waals surface area contributed by atoms with Gasteiger partial charge in [0, 0.05) is 21.5 Å². The summed E-state index contributed by atoms with van der Waals surface area (Å²) in [5.41, 5.74) is 4.29. The van der Waals surface area contributed by atoms with Gasteiger partial charge in [-0.2, -0.15) is 5.26 Å². The fourth-order valence-electron chi connectivity index (χ4n) is 4.16. The molecule has 2 aromatic carbocycles. The Hall–Kier alpha value is -2.38. The second-order valence-electron chi connectivity index (χ2n) is 7.33. The van der Waals surface area contributed by atoms with Crippen molar-refractivity contribution in [1.29, 1.82) is 5.26 Å². The van der Waals surface area contributed by atoms with Gasteiger partial charge >= 0.3 is 0 Å². The van der Waals surface area contributed by atoms with Crippen LogP contribution in [0.2, 0.25) is 0 Å². The first-order chi connectivity index (χ1) is 12.4. The highest BCUT2D eigenvalue weighted by Gasteiger charge is 2.41. The van der Waals surface area contributed by atoms with E-state index in [-0.39, 0.29) is 11.5 Å². The van der Waals surface area contributed by atoms with Crippen molar-refractivity contribution in [2.24, 2.45) is 0 Å². The van der Waals surface area contributed by atoms with E-state index in [1.165, 1.54) is 11.1 Å². The van der Waals surface area contributed by atoms with Gasteiger partial charge in [-0.15, -0.1) is 0 Å². The number of halogens is 1. The van der Waals surface area contributed by atoms with Crippen LogP contribution in [-0.2, 0) is 11.8 Å². The van der Waals surface area contributed by atoms with Crippen LogP contribution in [0.3, 0.4) is 0 Å². The number of nitrogens with zero attached hydrogens (tertiary/aromatic N) is 1. The SMILES string of the molecule is Cc1cc2ccc([C@](C)(C#N)[C@@H]3CCc4cc(Br)ccc43)cc2[nH]c1=O. The third kappa shape index (κ3) is 2.59. The Kier molecular flexibility index (Phi) is 4.00. The Labute approximate surface area is 160 Å². The standard InChI is InChI=1S/C22H19BrN2O/c1-13-9-15-3-5-16(11-20(15)25-21(13)26)22(2,12-24)19-8-4-14-10-17(23)6-7-18(14)19/h3,5-7,9-11,19H,4,8H2,1-2H3,(H,25,26)/t19-,22+/m1/s1. The maximum absolute atomic E-state index is 12.0. The zero-order chi connectivity index (χ0) is 18.5. The van der Waals surface area contributed by atoms with Crippen molar-refractivity contribution in [2.75, 3.05) is 0 Å². The Morgan fingerprint density at radius 1 is 1.23 bits per heavy atom. The summed E-state index contributed by atoms with van der Waals surface area (Å²) in [6.45, 7) is 3.82. The summed E-state index contributed by atoms with van der Waals surface area (Å²) in [4.78, 5) is 14.9. The molecule has 130 valence electrons. The Balaban J connectivity index is 1.85. The topological polar surface area (TPSA) is 56.6 Å². The summed E-state index contributed by atoms with van der Waals surface area (Å²) >= 11 is 3.54. The molecule has 3 aromatic rings. The molecule has 0 saturated carbocycles. The zero-order valence-electron chi connectivity index (χ0n) is 14.8. The quantitative estimate of drug-likeness (QED) is 0.642. The Morgan fingerprint density at radius 3 is 2.81 bits per heavy atom. The molecule has 1 aromatic heterocycles. The number of nitriles is 1. The van der Waals surface area contributed by atoms with E-state index in [0.717, 1.165) is 33.8 Å². The van der Waals surface area contributed by atoms with Gasteiger partial charge in [-0.25, -0.2) is 0 Å². The van der Waals surface area contributed by atoms with Crippen molar-refractivity contribution < 1.29 is 0 Å². The number of benzene rings is 2. The van der Waals surface area contributed by atoms with E-state index in [0.29, 0.717) is 5.56 Å². The zero-order valence-corrected chi connectivity index (χ0v) is 16.4. The summed E-state index contributed by atoms with van der Waals surface area (Å²) in [5, 5.41) is 11.1. The summed E-state index contributed by atoms with van der Waals surface area (Å²) < 4.78 is 1.08. The van der Waals surface area contributed by atoms with Crippen LogP contribution < -0.4 is 5.56 Å². The lowest BCUT2D eigenvalue weighted by Crippen LogP contribution is -2.27. The lowest BCUT2D eigenvalue weighted by molar-refractivity contribution is 0.470. The number of fused-ring (bicyclic) bond motifs is 2. The third-order valence-corrected chi connectivity index (χ3v) is 6.24. The molecule has 3 nitrogen and oxygen atoms in total. The molecule has 4 heteroatoms. The van der Waals surface area contributed by atoms with Crippen LogP contribution in [0.4, 0.5) is 0 Å². The lowest BCUT2D eigenvalue weighted by atomic mass is 9.70. The average molecular weight is 407 g/mol. The van der Waals surface area contributed by atoms with Gasteiger partial charge in [0.15, 0.2) is 0 Å². The molecule has 1 heterocycles. The number of rotatable bonds is 2. The van der Waals surface area contributed by atoms with Crippen molar-refractivity contribution in [1.82, 2.24) is 4.98 Å². The molecule has 1 N–H and O–H groups in total. The van der Waals surface area contributed by atoms with E-state index < -0.39 is 5.41 Å². The molecule has 0 bridgehead atoms. The van der Waals surface area contributed by atoms with Gasteiger partial charge in [0.1, 0.15) is 0 Å². The summed E-state index contributed by atoms with van der Waals surface area (Å²) in [6.07, 6.45) is 1.94. The monoisotopic (exact) mass is 406 g/mol. The first kappa shape index (κ1) is 17.1. The normalized spacial score (nSPS) is 18.3. The minimum atomic E-state index is -0.644. The molecule has 0 spiro atoms. The first-order valence-corrected chi connectivity index (χ1v) is 9.55. The number of hydrogen-bond donors (Lipinski definition) is 1. The minimum absolute atomic E-state index is 0.0793. The van der Waals surface area contributed by atoms with Crippen LogP contribution in [0.1, 0.15) is 41.5 Å². The van der Waals surface area contributed by atoms with E-state index in [4.69, 9.17) is 0 Å². The van der Waals surface area contributed by atoms with E-state index in [1.54, 1.807) is 6.92 Å². The summed E-state index contributed by atoms with van der Waals surface area (Å²) in [5.74, 6) is 0.144. The fourth-order valence-corrected chi connectivity index (χ4v) is 4.57. The number of aromatic amines is 1. The van der Waals surface area contributed by atoms with Gasteiger partial charge in [0.05, 0.1) is 11.5 Å². The second kappa shape index (κ2) is 6.10. The number of aryl methyl sites for hydroxylation is 2. The maximum Gasteiger partial charge on any atom is 0.251 e. The molecule has 0 fully saturated rings. The minimum Gasteiger partial charge on any atom is -0.322 e. The lowest BCUT2D eigenvalue weighted by Gasteiger charge is -2.30. The molecular formula is C22H19BrN2O. The van der Waals surface area contributed by atoms with E-state index in [2.05, 4.69) is 45.2 Å². The van der Waals surface area contributed by atoms with Gasteiger partial charge in [-0.05, 0) is 73.0 Å². The molecule has 1 aliphatic carbocycles. The molecule has 0 saturated heterocycles. The molecule has 0 radical (unpaired) electrons. The molecule has 26 heavy (non-hydrogen) atoms. The molecule has 2 atom stereocenters. The van der Waals surface area contributed by atoms with Crippen molar-refractivity contribution >= 4 is 26.8 Å². The van der Waals surface area contributed by atoms with Crippen molar-refractivity contribution in [3.8, 4) is 6.07 Å². The predicted molar refractivity (Wildman–Crippen MR) is 107 cm³/mol. The van der Waals surface area contributed by atoms with Gasteiger partial charge < -0.3 is 4.98 Å². The fraction of sp³-hybridized carbons (Fsp3) is 0.273. The molecule has 0 aliphatic heterocycles. The maximum atomic E-state index is 12.0. The molecule has 4 rings (SSSR count). The van der Waals surface area contributed by atoms with Crippen LogP contribution in [0, 0.1) is 18.3 Å². The van der Waals surface area contributed by atoms with Crippen molar-refractivity contribution in [2.45, 2.75) is 38.0 Å². The number of aromatic nitrogens is 1. The van der Waals surface area contributed by atoms with E-state index in [1.807, 2.05) is 31.2 Å². The number of pyridine rings is 1. The van der Waals surface area contributed by atoms with Gasteiger partial charge in [-0.3, -0.25) is 4.79 Å². The van der Waals surface area contributed by atoms with Gasteiger partial charge in [-0.1, -0.05) is 34.1 Å². The smallest absolute Gasteiger partial charge is 0.251 e. The summed E-state index contributed by atoms with van der Waals surface area (Å²) in [6, 6.07) is 16.8. The highest BCUT2D eigenvalue weighted by molar-refractivity contribution is 9.10. The molecular weight excluding hydrogens is 388 g/mol. The van der Waals surface area contributed by atoms with Crippen LogP contribution in [-0.4, -0.2) is 4.98 Å². The Morgan fingerprint density at radius 2 is 2.04 bits per heavy atom. The van der Waals surface area contributed by atoms with Crippen molar-refractivity contribution in [3.05, 3.63) is 79.5 Å². The van der Waals surface area contributed by atoms with Gasteiger partial charge in [0.25, 0.3) is 5.56 Å². The Bertz CT molecular complexity index is 1130. The van der Waals surface area contributed by atoms with Crippen LogP contribution in [0.15, 0.2) is 51.7 Å². The van der Waals surface area contributed by atoms with E-state index >= 15 is 0 Å². The van der Waals surface area contributed by atoms with Crippen LogP contribution >= 0.6 is 15.9 Å². The number of H-pyrrole nitrogens is 1. The molecule has 0 unspecified atom stereocenters. The highest BCUT2D eigenvalue weighted by atomic mass is 79.9. The van der Waals surface area contributed by atoms with E-state index in [9.17, 15) is 10.1 Å². The average Bonchev–Trinajstić information content (AvgIpc) is 3.05. The van der Waals surface area contributed by atoms with Crippen molar-refractivity contribution in [3.63, 3.8) is 0 Å². The second-order valence-corrected chi connectivity index (χ2v) is 8.25. The third-order valence-electron chi connectivity index (χ3n) is 5.74. The highest BCUT2D eigenvalue weighted by Crippen LogP contribution is 2.47. The first-order valence-electron chi connectivity index (χ1n) is 8.76.